The monoisotopic (exact) mass is 113 g/mol. The van der Waals surface area contributed by atoms with Gasteiger partial charge in [-0.25, -0.2) is 0 Å². The molecule has 0 aromatic rings. The molecule has 2 nitrogen and oxygen atoms in total. The molecule has 1 fully saturated rings. The van der Waals surface area contributed by atoms with Crippen LogP contribution in [0.25, 0.3) is 0 Å². The average Bonchev–Trinajstić information content (AvgIpc) is 2.41. The molecule has 0 aliphatic heterocycles. The van der Waals surface area contributed by atoms with Gasteiger partial charge in [0, 0.05) is 6.92 Å². The highest BCUT2D eigenvalue weighted by molar-refractivity contribution is 5.65. The molecule has 0 saturated heterocycles. The van der Waals surface area contributed by atoms with Gasteiger partial charge < -0.3 is 4.74 Å². The zero-order chi connectivity index (χ0) is 5.98. The van der Waals surface area contributed by atoms with Crippen LogP contribution in [0.15, 0.2) is 0 Å². The Bertz CT molecular complexity index is 94.7. The molecule has 45 valence electrons. The summed E-state index contributed by atoms with van der Waals surface area (Å²) in [6.45, 7) is 2.03. The Morgan fingerprint density at radius 1 is 2.00 bits per heavy atom. The number of rotatable bonds is 2. The van der Waals surface area contributed by atoms with Crippen LogP contribution in [0, 0.1) is 12.3 Å². The number of hydrogen-bond donors (Lipinski definition) is 0. The van der Waals surface area contributed by atoms with Crippen LogP contribution in [0.2, 0.25) is 0 Å². The van der Waals surface area contributed by atoms with Gasteiger partial charge in [-0.05, 0) is 18.8 Å². The summed E-state index contributed by atoms with van der Waals surface area (Å²) in [6, 6.07) is 0. The molecule has 1 unspecified atom stereocenters. The normalized spacial score (nSPS) is 18.1. The van der Waals surface area contributed by atoms with Crippen LogP contribution in [-0.2, 0) is 9.53 Å². The minimum atomic E-state index is -0.176. The molecular formula is C6H9O2. The number of esters is 1. The first kappa shape index (κ1) is 5.60. The molecule has 0 amide bonds. The molecule has 1 saturated carbocycles. The second-order valence-electron chi connectivity index (χ2n) is 2.03. The van der Waals surface area contributed by atoms with Gasteiger partial charge in [0.05, 0.1) is 6.61 Å². The standard InChI is InChI=1S/C6H9O2/c1-5(7)8-4-6-2-3-6/h2,6H,3-4H2,1H3. The Balaban J connectivity index is 1.95. The van der Waals surface area contributed by atoms with Gasteiger partial charge in [-0.2, -0.15) is 0 Å². The number of carbonyl (C=O) groups excluding carboxylic acids is 1. The lowest BCUT2D eigenvalue weighted by Crippen LogP contribution is -2.01. The molecule has 0 aromatic heterocycles. The molecule has 2 heteroatoms. The fourth-order valence-corrected chi connectivity index (χ4v) is 0.457. The molecule has 1 aliphatic carbocycles. The molecule has 8 heavy (non-hydrogen) atoms. The molecule has 0 aromatic carbocycles. The van der Waals surface area contributed by atoms with Gasteiger partial charge in [0.1, 0.15) is 0 Å². The van der Waals surface area contributed by atoms with Crippen molar-refractivity contribution in [3.8, 4) is 0 Å². The highest BCUT2D eigenvalue weighted by Gasteiger charge is 2.22. The second kappa shape index (κ2) is 2.16. The quantitative estimate of drug-likeness (QED) is 0.494. The maximum atomic E-state index is 10.1. The first-order valence-electron chi connectivity index (χ1n) is 2.76. The van der Waals surface area contributed by atoms with E-state index < -0.39 is 0 Å². The lowest BCUT2D eigenvalue weighted by molar-refractivity contribution is -0.141. The molecule has 1 atom stereocenters. The molecule has 0 N–H and O–H groups in total. The highest BCUT2D eigenvalue weighted by atomic mass is 16.5. The summed E-state index contributed by atoms with van der Waals surface area (Å²) in [6.07, 6.45) is 3.25. The van der Waals surface area contributed by atoms with Gasteiger partial charge in [0.25, 0.3) is 0 Å². The van der Waals surface area contributed by atoms with E-state index in [1.807, 2.05) is 0 Å². The Morgan fingerprint density at radius 2 is 2.62 bits per heavy atom. The molecule has 0 spiro atoms. The van der Waals surface area contributed by atoms with E-state index in [2.05, 4.69) is 6.42 Å². The van der Waals surface area contributed by atoms with Crippen LogP contribution in [0.5, 0.6) is 0 Å². The summed E-state index contributed by atoms with van der Waals surface area (Å²) in [5.41, 5.74) is 0. The second-order valence-corrected chi connectivity index (χ2v) is 2.03. The highest BCUT2D eigenvalue weighted by Crippen LogP contribution is 2.26. The predicted molar refractivity (Wildman–Crippen MR) is 29.0 cm³/mol. The third kappa shape index (κ3) is 1.96. The number of carbonyl (C=O) groups is 1. The first-order chi connectivity index (χ1) is 3.79. The van der Waals surface area contributed by atoms with Crippen LogP contribution in [0.4, 0.5) is 0 Å². The van der Waals surface area contributed by atoms with E-state index in [1.54, 1.807) is 0 Å². The fourth-order valence-electron chi connectivity index (χ4n) is 0.457. The maximum Gasteiger partial charge on any atom is 0.302 e. The SMILES string of the molecule is CC(=O)OCC1[CH]C1. The maximum absolute atomic E-state index is 10.1. The topological polar surface area (TPSA) is 26.3 Å². The van der Waals surface area contributed by atoms with E-state index in [9.17, 15) is 4.79 Å². The fraction of sp³-hybridized carbons (Fsp3) is 0.667. The van der Waals surface area contributed by atoms with Crippen molar-refractivity contribution in [1.82, 2.24) is 0 Å². The van der Waals surface area contributed by atoms with Gasteiger partial charge in [0.15, 0.2) is 0 Å². The van der Waals surface area contributed by atoms with Crippen molar-refractivity contribution < 1.29 is 9.53 Å². The van der Waals surface area contributed by atoms with E-state index in [-0.39, 0.29) is 5.97 Å². The third-order valence-corrected chi connectivity index (χ3v) is 1.07. The summed E-state index contributed by atoms with van der Waals surface area (Å²) >= 11 is 0. The summed E-state index contributed by atoms with van der Waals surface area (Å²) in [5, 5.41) is 0. The van der Waals surface area contributed by atoms with Gasteiger partial charge >= 0.3 is 5.97 Å². The van der Waals surface area contributed by atoms with E-state index in [1.165, 1.54) is 6.92 Å². The number of hydrogen-bond acceptors (Lipinski definition) is 2. The van der Waals surface area contributed by atoms with Crippen LogP contribution in [0.1, 0.15) is 13.3 Å². The third-order valence-electron chi connectivity index (χ3n) is 1.07. The van der Waals surface area contributed by atoms with Crippen molar-refractivity contribution in [3.63, 3.8) is 0 Å². The van der Waals surface area contributed by atoms with Gasteiger partial charge in [-0.15, -0.1) is 0 Å². The minimum absolute atomic E-state index is 0.176. The smallest absolute Gasteiger partial charge is 0.302 e. The molecular weight excluding hydrogens is 104 g/mol. The van der Waals surface area contributed by atoms with Crippen LogP contribution in [0.3, 0.4) is 0 Å². The largest absolute Gasteiger partial charge is 0.466 e. The lowest BCUT2D eigenvalue weighted by atomic mass is 10.5. The molecule has 1 radical (unpaired) electrons. The van der Waals surface area contributed by atoms with E-state index in [0.717, 1.165) is 6.42 Å². The molecule has 0 heterocycles. The average molecular weight is 113 g/mol. The van der Waals surface area contributed by atoms with Crippen molar-refractivity contribution in [3.05, 3.63) is 6.42 Å². The van der Waals surface area contributed by atoms with E-state index >= 15 is 0 Å². The zero-order valence-electron chi connectivity index (χ0n) is 4.89. The molecule has 1 rings (SSSR count). The molecule has 0 bridgehead atoms. The first-order valence-corrected chi connectivity index (χ1v) is 2.76. The van der Waals surface area contributed by atoms with Crippen molar-refractivity contribution in [2.75, 3.05) is 6.61 Å². The van der Waals surface area contributed by atoms with Crippen molar-refractivity contribution in [2.45, 2.75) is 13.3 Å². The molecule has 1 aliphatic rings. The van der Waals surface area contributed by atoms with Gasteiger partial charge in [-0.3, -0.25) is 4.79 Å². The predicted octanol–water partition coefficient (Wildman–Crippen LogP) is 0.774. The van der Waals surface area contributed by atoms with Crippen LogP contribution in [-0.4, -0.2) is 12.6 Å². The van der Waals surface area contributed by atoms with Crippen molar-refractivity contribution in [2.24, 2.45) is 5.92 Å². The Labute approximate surface area is 48.8 Å². The Morgan fingerprint density at radius 3 is 3.00 bits per heavy atom. The van der Waals surface area contributed by atoms with Crippen molar-refractivity contribution in [1.29, 1.82) is 0 Å². The number of ether oxygens (including phenoxy) is 1. The lowest BCUT2D eigenvalue weighted by Gasteiger charge is -1.95. The Hall–Kier alpha value is -0.530. The summed E-state index contributed by atoms with van der Waals surface area (Å²) < 4.78 is 4.70. The summed E-state index contributed by atoms with van der Waals surface area (Å²) in [7, 11) is 0. The van der Waals surface area contributed by atoms with Crippen LogP contribution < -0.4 is 0 Å². The van der Waals surface area contributed by atoms with E-state index in [4.69, 9.17) is 4.74 Å². The zero-order valence-corrected chi connectivity index (χ0v) is 4.89. The van der Waals surface area contributed by atoms with Crippen molar-refractivity contribution >= 4 is 5.97 Å². The van der Waals surface area contributed by atoms with Crippen LogP contribution >= 0.6 is 0 Å². The minimum Gasteiger partial charge on any atom is -0.466 e. The van der Waals surface area contributed by atoms with Gasteiger partial charge in [-0.1, -0.05) is 0 Å². The van der Waals surface area contributed by atoms with Gasteiger partial charge in [0.2, 0.25) is 0 Å². The summed E-state index contributed by atoms with van der Waals surface area (Å²) in [4.78, 5) is 10.1. The van der Waals surface area contributed by atoms with E-state index in [0.29, 0.717) is 12.5 Å². The Kier molecular flexibility index (Phi) is 1.51. The summed E-state index contributed by atoms with van der Waals surface area (Å²) in [5.74, 6) is 0.393.